The predicted octanol–water partition coefficient (Wildman–Crippen LogP) is 2.52. The van der Waals surface area contributed by atoms with Crippen LogP contribution in [0.4, 0.5) is 0 Å². The van der Waals surface area contributed by atoms with Crippen LogP contribution in [0.3, 0.4) is 0 Å². The molecular formula is C16H19NO2. The van der Waals surface area contributed by atoms with Crippen molar-refractivity contribution in [2.75, 3.05) is 13.7 Å². The molecule has 19 heavy (non-hydrogen) atoms. The molecule has 0 aliphatic carbocycles. The average Bonchev–Trinajstić information content (AvgIpc) is 2.49. The molecule has 2 rings (SSSR count). The Hall–Kier alpha value is -1.84. The van der Waals surface area contributed by atoms with Crippen LogP contribution in [-0.4, -0.2) is 18.8 Å². The highest BCUT2D eigenvalue weighted by Gasteiger charge is 2.07. The van der Waals surface area contributed by atoms with Crippen LogP contribution in [0.5, 0.6) is 5.75 Å². The maximum atomic E-state index is 9.21. The topological polar surface area (TPSA) is 41.5 Å². The molecule has 0 unspecified atom stereocenters. The fraction of sp³-hybridized carbons (Fsp3) is 0.250. The molecule has 3 nitrogen and oxygen atoms in total. The van der Waals surface area contributed by atoms with Gasteiger partial charge in [-0.2, -0.15) is 0 Å². The minimum atomic E-state index is -0.0248. The van der Waals surface area contributed by atoms with E-state index in [2.05, 4.69) is 5.32 Å². The van der Waals surface area contributed by atoms with E-state index in [0.717, 1.165) is 16.9 Å². The molecule has 0 bridgehead atoms. The molecule has 0 fully saturated rings. The first kappa shape index (κ1) is 13.6. The second-order valence-corrected chi connectivity index (χ2v) is 4.37. The third-order valence-corrected chi connectivity index (χ3v) is 3.06. The summed E-state index contributed by atoms with van der Waals surface area (Å²) < 4.78 is 5.71. The second-order valence-electron chi connectivity index (χ2n) is 4.37. The molecule has 0 radical (unpaired) electrons. The van der Waals surface area contributed by atoms with Gasteiger partial charge in [-0.1, -0.05) is 42.5 Å². The van der Waals surface area contributed by atoms with Gasteiger partial charge in [-0.25, -0.2) is 0 Å². The third-order valence-electron chi connectivity index (χ3n) is 3.06. The number of rotatable bonds is 6. The number of ether oxygens (including phenoxy) is 1. The molecule has 0 spiro atoms. The highest BCUT2D eigenvalue weighted by atomic mass is 16.5. The molecule has 0 saturated carbocycles. The number of aliphatic hydroxyl groups is 1. The van der Waals surface area contributed by atoms with Crippen LogP contribution in [-0.2, 0) is 6.61 Å². The minimum absolute atomic E-state index is 0.0248. The lowest BCUT2D eigenvalue weighted by atomic mass is 10.1. The van der Waals surface area contributed by atoms with Crippen molar-refractivity contribution in [3.8, 4) is 5.75 Å². The SMILES string of the molecule is CN[C@H](CO)c1ccc(OCc2ccccc2)cc1. The monoisotopic (exact) mass is 257 g/mol. The highest BCUT2D eigenvalue weighted by molar-refractivity contribution is 5.29. The van der Waals surface area contributed by atoms with E-state index in [-0.39, 0.29) is 12.6 Å². The van der Waals surface area contributed by atoms with Crippen molar-refractivity contribution in [2.24, 2.45) is 0 Å². The van der Waals surface area contributed by atoms with E-state index in [1.165, 1.54) is 0 Å². The summed E-state index contributed by atoms with van der Waals surface area (Å²) in [6.45, 7) is 0.649. The van der Waals surface area contributed by atoms with Crippen molar-refractivity contribution in [1.82, 2.24) is 5.32 Å². The van der Waals surface area contributed by atoms with Crippen LogP contribution < -0.4 is 10.1 Å². The van der Waals surface area contributed by atoms with Crippen molar-refractivity contribution in [3.63, 3.8) is 0 Å². The highest BCUT2D eigenvalue weighted by Crippen LogP contribution is 2.18. The van der Waals surface area contributed by atoms with Crippen LogP contribution >= 0.6 is 0 Å². The fourth-order valence-electron chi connectivity index (χ4n) is 1.90. The Balaban J connectivity index is 1.95. The largest absolute Gasteiger partial charge is 0.489 e. The predicted molar refractivity (Wildman–Crippen MR) is 76.1 cm³/mol. The lowest BCUT2D eigenvalue weighted by molar-refractivity contribution is 0.250. The Morgan fingerprint density at radius 2 is 1.74 bits per heavy atom. The number of hydrogen-bond donors (Lipinski definition) is 2. The van der Waals surface area contributed by atoms with Gasteiger partial charge < -0.3 is 15.2 Å². The summed E-state index contributed by atoms with van der Waals surface area (Å²) in [5.41, 5.74) is 2.20. The van der Waals surface area contributed by atoms with Crippen LogP contribution in [0.15, 0.2) is 54.6 Å². The lowest BCUT2D eigenvalue weighted by Crippen LogP contribution is -2.19. The molecule has 1 atom stereocenters. The van der Waals surface area contributed by atoms with E-state index >= 15 is 0 Å². The zero-order valence-electron chi connectivity index (χ0n) is 11.0. The lowest BCUT2D eigenvalue weighted by Gasteiger charge is -2.14. The van der Waals surface area contributed by atoms with Gasteiger partial charge in [0.2, 0.25) is 0 Å². The van der Waals surface area contributed by atoms with Gasteiger partial charge in [0.05, 0.1) is 12.6 Å². The first-order valence-corrected chi connectivity index (χ1v) is 6.38. The zero-order valence-corrected chi connectivity index (χ0v) is 11.0. The van der Waals surface area contributed by atoms with Crippen LogP contribution in [0.25, 0.3) is 0 Å². The number of hydrogen-bond acceptors (Lipinski definition) is 3. The molecule has 2 aromatic rings. The third kappa shape index (κ3) is 3.81. The molecule has 3 heteroatoms. The number of benzene rings is 2. The molecule has 0 saturated heterocycles. The minimum Gasteiger partial charge on any atom is -0.489 e. The van der Waals surface area contributed by atoms with Crippen molar-refractivity contribution >= 4 is 0 Å². The van der Waals surface area contributed by atoms with Gasteiger partial charge in [0.15, 0.2) is 0 Å². The van der Waals surface area contributed by atoms with Gasteiger partial charge in [-0.15, -0.1) is 0 Å². The van der Waals surface area contributed by atoms with Gasteiger partial charge in [-0.3, -0.25) is 0 Å². The Kier molecular flexibility index (Phi) is 4.95. The Morgan fingerprint density at radius 3 is 2.32 bits per heavy atom. The smallest absolute Gasteiger partial charge is 0.119 e. The van der Waals surface area contributed by atoms with E-state index in [0.29, 0.717) is 6.61 Å². The molecule has 0 aromatic heterocycles. The molecular weight excluding hydrogens is 238 g/mol. The Bertz CT molecular complexity index is 478. The van der Waals surface area contributed by atoms with Crippen molar-refractivity contribution in [2.45, 2.75) is 12.6 Å². The van der Waals surface area contributed by atoms with Crippen LogP contribution in [0.1, 0.15) is 17.2 Å². The summed E-state index contributed by atoms with van der Waals surface area (Å²) in [7, 11) is 1.83. The van der Waals surface area contributed by atoms with E-state index in [1.807, 2.05) is 61.6 Å². The quantitative estimate of drug-likeness (QED) is 0.835. The standard InChI is InChI=1S/C16H19NO2/c1-17-16(11-18)14-7-9-15(10-8-14)19-12-13-5-3-2-4-6-13/h2-10,16-18H,11-12H2,1H3/t16-/m1/s1. The van der Waals surface area contributed by atoms with E-state index in [4.69, 9.17) is 4.74 Å². The normalized spacial score (nSPS) is 12.1. The zero-order chi connectivity index (χ0) is 13.5. The first-order chi connectivity index (χ1) is 9.33. The average molecular weight is 257 g/mol. The van der Waals surface area contributed by atoms with E-state index in [1.54, 1.807) is 0 Å². The van der Waals surface area contributed by atoms with Gasteiger partial charge in [0, 0.05) is 0 Å². The van der Waals surface area contributed by atoms with Crippen molar-refractivity contribution in [1.29, 1.82) is 0 Å². The van der Waals surface area contributed by atoms with Crippen molar-refractivity contribution in [3.05, 3.63) is 65.7 Å². The maximum Gasteiger partial charge on any atom is 0.119 e. The summed E-state index contributed by atoms with van der Waals surface area (Å²) in [6.07, 6.45) is 0. The summed E-state index contributed by atoms with van der Waals surface area (Å²) in [4.78, 5) is 0. The summed E-state index contributed by atoms with van der Waals surface area (Å²) in [5.74, 6) is 0.834. The number of nitrogens with one attached hydrogen (secondary N) is 1. The molecule has 0 aliphatic heterocycles. The van der Waals surface area contributed by atoms with Gasteiger partial charge in [0.25, 0.3) is 0 Å². The number of aliphatic hydroxyl groups excluding tert-OH is 1. The summed E-state index contributed by atoms with van der Waals surface area (Å²) in [6, 6.07) is 17.8. The van der Waals surface area contributed by atoms with Crippen LogP contribution in [0.2, 0.25) is 0 Å². The number of likely N-dealkylation sites (N-methyl/N-ethyl adjacent to an activating group) is 1. The molecule has 2 N–H and O–H groups in total. The molecule has 2 aromatic carbocycles. The molecule has 100 valence electrons. The van der Waals surface area contributed by atoms with Gasteiger partial charge >= 0.3 is 0 Å². The van der Waals surface area contributed by atoms with E-state index in [9.17, 15) is 5.11 Å². The van der Waals surface area contributed by atoms with Crippen molar-refractivity contribution < 1.29 is 9.84 Å². The van der Waals surface area contributed by atoms with Gasteiger partial charge in [0.1, 0.15) is 12.4 Å². The second kappa shape index (κ2) is 6.92. The fourth-order valence-corrected chi connectivity index (χ4v) is 1.90. The Morgan fingerprint density at radius 1 is 1.05 bits per heavy atom. The molecule has 0 heterocycles. The van der Waals surface area contributed by atoms with E-state index < -0.39 is 0 Å². The van der Waals surface area contributed by atoms with Gasteiger partial charge in [-0.05, 0) is 30.3 Å². The van der Waals surface area contributed by atoms with Crippen LogP contribution in [0, 0.1) is 0 Å². The maximum absolute atomic E-state index is 9.21. The molecule has 0 aliphatic rings. The first-order valence-electron chi connectivity index (χ1n) is 6.38. The summed E-state index contributed by atoms with van der Waals surface area (Å²) in [5, 5.41) is 12.3. The Labute approximate surface area is 113 Å². The summed E-state index contributed by atoms with van der Waals surface area (Å²) >= 11 is 0. The molecule has 0 amide bonds.